The maximum Gasteiger partial charge on any atom is 0.251 e. The van der Waals surface area contributed by atoms with E-state index < -0.39 is 12.7 Å². The van der Waals surface area contributed by atoms with Crippen molar-refractivity contribution in [3.05, 3.63) is 66.4 Å². The highest BCUT2D eigenvalue weighted by molar-refractivity contribution is 5.94. The highest BCUT2D eigenvalue weighted by atomic mass is 16.3. The topological polar surface area (TPSA) is 134 Å². The number of benzene rings is 2. The molecule has 0 aliphatic rings. The van der Waals surface area contributed by atoms with Gasteiger partial charge in [0.05, 0.1) is 24.6 Å². The number of aliphatic hydroxyl groups is 2. The van der Waals surface area contributed by atoms with Crippen molar-refractivity contribution in [3.8, 4) is 22.7 Å². The molecule has 0 saturated carbocycles. The highest BCUT2D eigenvalue weighted by Gasteiger charge is 2.14. The lowest BCUT2D eigenvalue weighted by Gasteiger charge is -2.09. The Balaban J connectivity index is 1.59. The molecule has 0 radical (unpaired) electrons. The number of amides is 1. The van der Waals surface area contributed by atoms with Gasteiger partial charge in [-0.3, -0.25) is 4.79 Å². The second-order valence-corrected chi connectivity index (χ2v) is 6.76. The first-order valence-electron chi connectivity index (χ1n) is 9.34. The normalized spacial score (nSPS) is 12.1. The molecule has 4 aromatic rings. The minimum absolute atomic E-state index is 0.0264. The molecule has 152 valence electrons. The smallest absolute Gasteiger partial charge is 0.251 e. The Morgan fingerprint density at radius 3 is 2.67 bits per heavy atom. The van der Waals surface area contributed by atoms with E-state index in [0.29, 0.717) is 22.7 Å². The molecule has 0 bridgehead atoms. The van der Waals surface area contributed by atoms with E-state index in [2.05, 4.69) is 15.3 Å². The van der Waals surface area contributed by atoms with Gasteiger partial charge in [-0.25, -0.2) is 9.97 Å². The van der Waals surface area contributed by atoms with Crippen LogP contribution in [-0.2, 0) is 0 Å². The average Bonchev–Trinajstić information content (AvgIpc) is 3.21. The van der Waals surface area contributed by atoms with Crippen LogP contribution in [0.15, 0.2) is 65.2 Å². The Bertz CT molecular complexity index is 1150. The summed E-state index contributed by atoms with van der Waals surface area (Å²) < 4.78 is 5.86. The number of hydrogen-bond acceptors (Lipinski definition) is 7. The van der Waals surface area contributed by atoms with Crippen LogP contribution in [0, 0.1) is 0 Å². The summed E-state index contributed by atoms with van der Waals surface area (Å²) in [5.74, 6) is 0.443. The molecule has 2 aromatic carbocycles. The van der Waals surface area contributed by atoms with Crippen LogP contribution in [0.2, 0.25) is 0 Å². The molecule has 1 atom stereocenters. The first-order chi connectivity index (χ1) is 14.5. The van der Waals surface area contributed by atoms with Crippen molar-refractivity contribution in [2.24, 2.45) is 0 Å². The van der Waals surface area contributed by atoms with Gasteiger partial charge in [-0.2, -0.15) is 0 Å². The minimum atomic E-state index is -0.991. The lowest BCUT2D eigenvalue weighted by atomic mass is 10.1. The summed E-state index contributed by atoms with van der Waals surface area (Å²) in [5, 5.41) is 21.7. The number of anilines is 1. The fourth-order valence-electron chi connectivity index (χ4n) is 2.99. The van der Waals surface area contributed by atoms with E-state index >= 15 is 0 Å². The maximum absolute atomic E-state index is 12.1. The quantitative estimate of drug-likeness (QED) is 0.387. The molecule has 1 amide bonds. The van der Waals surface area contributed by atoms with E-state index in [1.807, 2.05) is 30.3 Å². The van der Waals surface area contributed by atoms with E-state index in [9.17, 15) is 9.90 Å². The molecule has 8 nitrogen and oxygen atoms in total. The Kier molecular flexibility index (Phi) is 5.42. The third kappa shape index (κ3) is 4.00. The van der Waals surface area contributed by atoms with Crippen LogP contribution >= 0.6 is 0 Å². The lowest BCUT2D eigenvalue weighted by molar-refractivity contribution is 0.0802. The number of nitrogens with two attached hydrogens (primary N) is 1. The summed E-state index contributed by atoms with van der Waals surface area (Å²) in [6, 6.07) is 16.3. The van der Waals surface area contributed by atoms with Crippen molar-refractivity contribution in [1.29, 1.82) is 0 Å². The van der Waals surface area contributed by atoms with E-state index in [4.69, 9.17) is 15.3 Å². The van der Waals surface area contributed by atoms with Crippen LogP contribution in [-0.4, -0.2) is 45.3 Å². The summed E-state index contributed by atoms with van der Waals surface area (Å²) in [5.41, 5.74) is 8.98. The van der Waals surface area contributed by atoms with Gasteiger partial charge >= 0.3 is 0 Å². The highest BCUT2D eigenvalue weighted by Crippen LogP contribution is 2.30. The van der Waals surface area contributed by atoms with Crippen molar-refractivity contribution in [2.45, 2.75) is 6.10 Å². The third-order valence-electron chi connectivity index (χ3n) is 4.61. The number of para-hydroxylation sites is 1. The monoisotopic (exact) mass is 404 g/mol. The predicted octanol–water partition coefficient (Wildman–Crippen LogP) is 2.22. The lowest BCUT2D eigenvalue weighted by Crippen LogP contribution is -2.33. The molecular weight excluding hydrogens is 384 g/mol. The minimum Gasteiger partial charge on any atom is -0.454 e. The zero-order chi connectivity index (χ0) is 21.1. The summed E-state index contributed by atoms with van der Waals surface area (Å²) in [6.45, 7) is -0.441. The average molecular weight is 404 g/mol. The maximum atomic E-state index is 12.1. The molecule has 0 saturated heterocycles. The fourth-order valence-corrected chi connectivity index (χ4v) is 2.99. The van der Waals surface area contributed by atoms with Gasteiger partial charge in [0.25, 0.3) is 5.91 Å². The van der Waals surface area contributed by atoms with Gasteiger partial charge in [-0.1, -0.05) is 30.3 Å². The van der Waals surface area contributed by atoms with Crippen molar-refractivity contribution in [1.82, 2.24) is 15.3 Å². The molecule has 2 aromatic heterocycles. The van der Waals surface area contributed by atoms with E-state index in [1.54, 1.807) is 30.5 Å². The second kappa shape index (κ2) is 8.32. The van der Waals surface area contributed by atoms with Gasteiger partial charge in [-0.05, 0) is 24.3 Å². The first-order valence-corrected chi connectivity index (χ1v) is 9.34. The number of furan rings is 1. The van der Waals surface area contributed by atoms with Gasteiger partial charge in [0.15, 0.2) is 11.6 Å². The summed E-state index contributed by atoms with van der Waals surface area (Å²) in [7, 11) is 0. The Hall–Kier alpha value is -3.75. The number of carbonyl (C=O) groups is 1. The van der Waals surface area contributed by atoms with Crippen LogP contribution in [0.25, 0.3) is 33.7 Å². The van der Waals surface area contributed by atoms with Crippen LogP contribution < -0.4 is 11.1 Å². The van der Waals surface area contributed by atoms with E-state index in [0.717, 1.165) is 16.5 Å². The summed E-state index contributed by atoms with van der Waals surface area (Å²) in [4.78, 5) is 21.0. The van der Waals surface area contributed by atoms with Crippen molar-refractivity contribution >= 4 is 22.7 Å². The van der Waals surface area contributed by atoms with Crippen molar-refractivity contribution in [3.63, 3.8) is 0 Å². The molecule has 30 heavy (non-hydrogen) atoms. The molecule has 4 rings (SSSR count). The zero-order valence-electron chi connectivity index (χ0n) is 15.9. The van der Waals surface area contributed by atoms with Crippen molar-refractivity contribution < 1.29 is 19.4 Å². The SMILES string of the molecule is Nc1ncc(-c2ccc(C(=O)NCC(O)CO)cc2)nc1-c1cc2ccccc2o1. The number of fused-ring (bicyclic) bond motifs is 1. The number of aliphatic hydroxyl groups excluding tert-OH is 2. The van der Waals surface area contributed by atoms with E-state index in [1.165, 1.54) is 0 Å². The fraction of sp³-hybridized carbons (Fsp3) is 0.136. The van der Waals surface area contributed by atoms with Gasteiger partial charge < -0.3 is 25.7 Å². The Morgan fingerprint density at radius 1 is 1.17 bits per heavy atom. The van der Waals surface area contributed by atoms with Gasteiger partial charge in [0.1, 0.15) is 11.3 Å². The number of nitrogens with zero attached hydrogens (tertiary/aromatic N) is 2. The number of carbonyl (C=O) groups excluding carboxylic acids is 1. The molecule has 0 spiro atoms. The predicted molar refractivity (Wildman–Crippen MR) is 113 cm³/mol. The molecule has 8 heteroatoms. The number of rotatable bonds is 6. The molecular formula is C22H20N4O4. The van der Waals surface area contributed by atoms with Crippen LogP contribution in [0.5, 0.6) is 0 Å². The van der Waals surface area contributed by atoms with Gasteiger partial charge in [0, 0.05) is 23.1 Å². The number of nitrogen functional groups attached to an aromatic ring is 1. The number of nitrogens with one attached hydrogen (secondary N) is 1. The Labute approximate surface area is 172 Å². The largest absolute Gasteiger partial charge is 0.454 e. The first kappa shape index (κ1) is 19.6. The molecule has 0 fully saturated rings. The molecule has 0 aliphatic carbocycles. The van der Waals surface area contributed by atoms with Gasteiger partial charge in [-0.15, -0.1) is 0 Å². The molecule has 1 unspecified atom stereocenters. The second-order valence-electron chi connectivity index (χ2n) is 6.76. The Morgan fingerprint density at radius 2 is 1.93 bits per heavy atom. The van der Waals surface area contributed by atoms with Crippen LogP contribution in [0.3, 0.4) is 0 Å². The van der Waals surface area contributed by atoms with Crippen LogP contribution in [0.4, 0.5) is 5.82 Å². The third-order valence-corrected chi connectivity index (χ3v) is 4.61. The molecule has 5 N–H and O–H groups in total. The van der Waals surface area contributed by atoms with Crippen molar-refractivity contribution in [2.75, 3.05) is 18.9 Å². The summed E-state index contributed by atoms with van der Waals surface area (Å²) in [6.07, 6.45) is 0.573. The summed E-state index contributed by atoms with van der Waals surface area (Å²) >= 11 is 0. The zero-order valence-corrected chi connectivity index (χ0v) is 15.9. The molecule has 0 aliphatic heterocycles. The van der Waals surface area contributed by atoms with Crippen LogP contribution in [0.1, 0.15) is 10.4 Å². The standard InChI is InChI=1S/C22H20N4O4/c23-21-20(19-9-15-3-1-2-4-18(15)30-19)26-17(11-24-21)13-5-7-14(8-6-13)22(29)25-10-16(28)12-27/h1-9,11,16,27-28H,10,12H2,(H2,23,24)(H,25,29). The molecule has 2 heterocycles. The van der Waals surface area contributed by atoms with E-state index in [-0.39, 0.29) is 18.3 Å². The number of aromatic nitrogens is 2. The number of hydrogen-bond donors (Lipinski definition) is 4. The van der Waals surface area contributed by atoms with Gasteiger partial charge in [0.2, 0.25) is 0 Å².